The highest BCUT2D eigenvalue weighted by Gasteiger charge is 2.08. The first kappa shape index (κ1) is 11.1. The predicted molar refractivity (Wildman–Crippen MR) is 66.7 cm³/mol. The molecular weight excluding hydrogens is 220 g/mol. The molecule has 0 aliphatic heterocycles. The van der Waals surface area contributed by atoms with Crippen LogP contribution in [0.2, 0.25) is 5.28 Å². The van der Waals surface area contributed by atoms with Crippen LogP contribution in [0.15, 0.2) is 24.4 Å². The molecule has 0 aliphatic rings. The van der Waals surface area contributed by atoms with Crippen molar-refractivity contribution in [3.05, 3.63) is 46.4 Å². The first-order valence-corrected chi connectivity index (χ1v) is 5.52. The Morgan fingerprint density at radius 1 is 1.06 bits per heavy atom. The third-order valence-corrected chi connectivity index (χ3v) is 2.77. The van der Waals surface area contributed by atoms with Crippen molar-refractivity contribution in [2.24, 2.45) is 0 Å². The van der Waals surface area contributed by atoms with Crippen LogP contribution in [0.5, 0.6) is 0 Å². The minimum atomic E-state index is 0.293. The molecule has 0 atom stereocenters. The molecule has 0 unspecified atom stereocenters. The Morgan fingerprint density at radius 3 is 2.56 bits per heavy atom. The third-order valence-electron chi connectivity index (χ3n) is 2.59. The predicted octanol–water partition coefficient (Wildman–Crippen LogP) is 3.72. The molecule has 1 heterocycles. The quantitative estimate of drug-likeness (QED) is 0.701. The summed E-state index contributed by atoms with van der Waals surface area (Å²) >= 11 is 5.84. The number of hydrogen-bond acceptors (Lipinski definition) is 2. The van der Waals surface area contributed by atoms with E-state index in [1.807, 2.05) is 6.92 Å². The van der Waals surface area contributed by atoms with Gasteiger partial charge in [0.2, 0.25) is 5.28 Å². The summed E-state index contributed by atoms with van der Waals surface area (Å²) in [7, 11) is 0. The highest BCUT2D eigenvalue weighted by molar-refractivity contribution is 6.28. The Hall–Kier alpha value is -1.41. The van der Waals surface area contributed by atoms with Gasteiger partial charge in [0.1, 0.15) is 0 Å². The summed E-state index contributed by atoms with van der Waals surface area (Å²) in [6.07, 6.45) is 1.76. The molecule has 0 N–H and O–H groups in total. The highest BCUT2D eigenvalue weighted by atomic mass is 35.5. The van der Waals surface area contributed by atoms with Gasteiger partial charge in [-0.3, -0.25) is 0 Å². The monoisotopic (exact) mass is 232 g/mol. The maximum absolute atomic E-state index is 5.84. The number of rotatable bonds is 1. The number of benzene rings is 1. The fourth-order valence-electron chi connectivity index (χ4n) is 1.68. The lowest BCUT2D eigenvalue weighted by atomic mass is 10.0. The van der Waals surface area contributed by atoms with Crippen LogP contribution in [0.4, 0.5) is 0 Å². The molecule has 0 spiro atoms. The van der Waals surface area contributed by atoms with Gasteiger partial charge in [-0.2, -0.15) is 0 Å². The Morgan fingerprint density at radius 2 is 1.81 bits per heavy atom. The fourth-order valence-corrected chi connectivity index (χ4v) is 1.82. The molecule has 16 heavy (non-hydrogen) atoms. The zero-order valence-corrected chi connectivity index (χ0v) is 10.3. The molecule has 2 rings (SSSR count). The minimum Gasteiger partial charge on any atom is -0.226 e. The summed E-state index contributed by atoms with van der Waals surface area (Å²) in [5.74, 6) is 0. The van der Waals surface area contributed by atoms with Gasteiger partial charge in [-0.1, -0.05) is 17.7 Å². The summed E-state index contributed by atoms with van der Waals surface area (Å²) in [4.78, 5) is 8.27. The van der Waals surface area contributed by atoms with E-state index in [1.54, 1.807) is 6.20 Å². The molecule has 82 valence electrons. The maximum Gasteiger partial charge on any atom is 0.222 e. The summed E-state index contributed by atoms with van der Waals surface area (Å²) in [5.41, 5.74) is 5.50. The molecule has 0 saturated carbocycles. The van der Waals surface area contributed by atoms with Crippen LogP contribution in [-0.2, 0) is 0 Å². The normalized spacial score (nSPS) is 10.5. The van der Waals surface area contributed by atoms with Gasteiger partial charge in [0.25, 0.3) is 0 Å². The molecule has 2 nitrogen and oxygen atoms in total. The minimum absolute atomic E-state index is 0.293. The van der Waals surface area contributed by atoms with E-state index >= 15 is 0 Å². The Balaban J connectivity index is 2.66. The molecule has 0 amide bonds. The van der Waals surface area contributed by atoms with Crippen LogP contribution >= 0.6 is 11.6 Å². The summed E-state index contributed by atoms with van der Waals surface area (Å²) in [6, 6.07) is 6.32. The van der Waals surface area contributed by atoms with E-state index < -0.39 is 0 Å². The SMILES string of the molecule is Cc1ccc(C)c(-c2nc(Cl)ncc2C)c1. The standard InChI is InChI=1S/C13H13ClN2/c1-8-4-5-9(2)11(6-8)12-10(3)7-15-13(14)16-12/h4-7H,1-3H3. The van der Waals surface area contributed by atoms with E-state index in [1.165, 1.54) is 11.1 Å². The van der Waals surface area contributed by atoms with Crippen molar-refractivity contribution in [3.63, 3.8) is 0 Å². The summed E-state index contributed by atoms with van der Waals surface area (Å²) in [6.45, 7) is 6.14. The molecule has 3 heteroatoms. The van der Waals surface area contributed by atoms with Crippen molar-refractivity contribution < 1.29 is 0 Å². The second-order valence-corrected chi connectivity index (χ2v) is 4.33. The van der Waals surface area contributed by atoms with Gasteiger partial charge in [-0.25, -0.2) is 9.97 Å². The van der Waals surface area contributed by atoms with Crippen molar-refractivity contribution in [2.45, 2.75) is 20.8 Å². The van der Waals surface area contributed by atoms with Crippen molar-refractivity contribution in [2.75, 3.05) is 0 Å². The van der Waals surface area contributed by atoms with Crippen LogP contribution < -0.4 is 0 Å². The first-order chi connectivity index (χ1) is 7.58. The lowest BCUT2D eigenvalue weighted by Crippen LogP contribution is -1.94. The third kappa shape index (κ3) is 2.07. The fraction of sp³-hybridized carbons (Fsp3) is 0.231. The first-order valence-electron chi connectivity index (χ1n) is 5.14. The molecule has 1 aromatic heterocycles. The highest BCUT2D eigenvalue weighted by Crippen LogP contribution is 2.26. The van der Waals surface area contributed by atoms with Crippen molar-refractivity contribution in [3.8, 4) is 11.3 Å². The van der Waals surface area contributed by atoms with Gasteiger partial charge in [-0.15, -0.1) is 0 Å². The van der Waals surface area contributed by atoms with Gasteiger partial charge in [0.05, 0.1) is 5.69 Å². The second-order valence-electron chi connectivity index (χ2n) is 3.99. The molecular formula is C13H13ClN2. The molecule has 0 aliphatic carbocycles. The van der Waals surface area contributed by atoms with Gasteiger partial charge in [-0.05, 0) is 49.6 Å². The average molecular weight is 233 g/mol. The summed E-state index contributed by atoms with van der Waals surface area (Å²) in [5, 5.41) is 0.293. The molecule has 0 saturated heterocycles. The van der Waals surface area contributed by atoms with Crippen molar-refractivity contribution in [1.29, 1.82) is 0 Å². The molecule has 2 aromatic rings. The topological polar surface area (TPSA) is 25.8 Å². The number of halogens is 1. The van der Waals surface area contributed by atoms with Crippen LogP contribution in [0, 0.1) is 20.8 Å². The molecule has 1 aromatic carbocycles. The number of hydrogen-bond donors (Lipinski definition) is 0. The smallest absolute Gasteiger partial charge is 0.222 e. The Kier molecular flexibility index (Phi) is 2.92. The van der Waals surface area contributed by atoms with Crippen LogP contribution in [0.3, 0.4) is 0 Å². The van der Waals surface area contributed by atoms with Crippen LogP contribution in [0.25, 0.3) is 11.3 Å². The van der Waals surface area contributed by atoms with E-state index in [2.05, 4.69) is 42.0 Å². The Bertz CT molecular complexity index is 486. The number of aryl methyl sites for hydroxylation is 3. The van der Waals surface area contributed by atoms with Gasteiger partial charge >= 0.3 is 0 Å². The van der Waals surface area contributed by atoms with Gasteiger partial charge < -0.3 is 0 Å². The van der Waals surface area contributed by atoms with E-state index in [9.17, 15) is 0 Å². The zero-order valence-electron chi connectivity index (χ0n) is 9.58. The molecule has 0 radical (unpaired) electrons. The largest absolute Gasteiger partial charge is 0.226 e. The lowest BCUT2D eigenvalue weighted by molar-refractivity contribution is 1.13. The molecule has 0 fully saturated rings. The second kappa shape index (κ2) is 4.22. The maximum atomic E-state index is 5.84. The van der Waals surface area contributed by atoms with Crippen LogP contribution in [0.1, 0.15) is 16.7 Å². The number of aromatic nitrogens is 2. The van der Waals surface area contributed by atoms with E-state index in [0.717, 1.165) is 16.8 Å². The van der Waals surface area contributed by atoms with Gasteiger partial charge in [0.15, 0.2) is 0 Å². The van der Waals surface area contributed by atoms with Crippen molar-refractivity contribution >= 4 is 11.6 Å². The lowest BCUT2D eigenvalue weighted by Gasteiger charge is -2.09. The van der Waals surface area contributed by atoms with E-state index in [-0.39, 0.29) is 0 Å². The average Bonchev–Trinajstić information content (AvgIpc) is 2.25. The van der Waals surface area contributed by atoms with Crippen LogP contribution in [-0.4, -0.2) is 9.97 Å². The number of nitrogens with zero attached hydrogens (tertiary/aromatic N) is 2. The van der Waals surface area contributed by atoms with E-state index in [4.69, 9.17) is 11.6 Å². The molecule has 0 bridgehead atoms. The Labute approximate surface area is 100 Å². The van der Waals surface area contributed by atoms with Crippen molar-refractivity contribution in [1.82, 2.24) is 9.97 Å². The van der Waals surface area contributed by atoms with Gasteiger partial charge in [0, 0.05) is 11.8 Å². The zero-order chi connectivity index (χ0) is 11.7. The van der Waals surface area contributed by atoms with E-state index in [0.29, 0.717) is 5.28 Å². The summed E-state index contributed by atoms with van der Waals surface area (Å²) < 4.78 is 0.